The van der Waals surface area contributed by atoms with Crippen molar-refractivity contribution in [3.63, 3.8) is 0 Å². The van der Waals surface area contributed by atoms with E-state index in [1.165, 1.54) is 0 Å². The Hall–Kier alpha value is -3.25. The molecule has 0 bridgehead atoms. The second-order valence-corrected chi connectivity index (χ2v) is 6.73. The average molecular weight is 395 g/mol. The molecule has 1 amide bonds. The predicted molar refractivity (Wildman–Crippen MR) is 109 cm³/mol. The Morgan fingerprint density at radius 3 is 2.71 bits per heavy atom. The van der Waals surface area contributed by atoms with Crippen LogP contribution < -0.4 is 10.1 Å². The highest BCUT2D eigenvalue weighted by atomic mass is 35.5. The van der Waals surface area contributed by atoms with Crippen LogP contribution in [-0.2, 0) is 13.6 Å². The number of methoxy groups -OCH3 is 1. The Labute approximate surface area is 167 Å². The molecule has 2 aromatic heterocycles. The van der Waals surface area contributed by atoms with Crippen molar-refractivity contribution >= 4 is 28.5 Å². The number of amides is 1. The first-order valence-electron chi connectivity index (χ1n) is 8.77. The van der Waals surface area contributed by atoms with Crippen LogP contribution in [0.5, 0.6) is 5.75 Å². The molecule has 0 atom stereocenters. The molecular formula is C21H19ClN4O2. The zero-order chi connectivity index (χ0) is 19.7. The van der Waals surface area contributed by atoms with Crippen molar-refractivity contribution in [2.45, 2.75) is 6.54 Å². The number of hydrogen-bond donors (Lipinski definition) is 1. The highest BCUT2D eigenvalue weighted by Crippen LogP contribution is 2.20. The molecule has 4 aromatic rings. The molecule has 2 heterocycles. The maximum absolute atomic E-state index is 12.6. The molecule has 1 N–H and O–H groups in total. The van der Waals surface area contributed by atoms with Gasteiger partial charge in [0, 0.05) is 30.2 Å². The number of nitrogens with zero attached hydrogens (tertiary/aromatic N) is 3. The number of ether oxygens (including phenoxy) is 1. The number of nitrogens with one attached hydrogen (secondary N) is 1. The molecular weight excluding hydrogens is 376 g/mol. The molecule has 0 saturated heterocycles. The van der Waals surface area contributed by atoms with Gasteiger partial charge in [-0.15, -0.1) is 0 Å². The highest BCUT2D eigenvalue weighted by Gasteiger charge is 2.12. The largest absolute Gasteiger partial charge is 0.497 e. The molecule has 28 heavy (non-hydrogen) atoms. The summed E-state index contributed by atoms with van der Waals surface area (Å²) in [5, 5.41) is 3.37. The van der Waals surface area contributed by atoms with Gasteiger partial charge in [0.1, 0.15) is 5.75 Å². The minimum atomic E-state index is -0.151. The molecule has 0 unspecified atom stereocenters. The fourth-order valence-electron chi connectivity index (χ4n) is 3.13. The SMILES string of the molecule is COc1ccc(-n2cccc2CNC(=O)c2ccc3nc(Cl)n(C)c3c2)cc1. The molecule has 0 aliphatic rings. The van der Waals surface area contributed by atoms with Crippen LogP contribution in [0.2, 0.25) is 5.28 Å². The molecule has 0 aliphatic carbocycles. The molecule has 0 radical (unpaired) electrons. The van der Waals surface area contributed by atoms with Crippen molar-refractivity contribution in [1.82, 2.24) is 19.4 Å². The maximum Gasteiger partial charge on any atom is 0.251 e. The minimum absolute atomic E-state index is 0.151. The summed E-state index contributed by atoms with van der Waals surface area (Å²) in [6.45, 7) is 0.405. The topological polar surface area (TPSA) is 61.1 Å². The van der Waals surface area contributed by atoms with Crippen molar-refractivity contribution in [3.05, 3.63) is 77.3 Å². The fraction of sp³-hybridized carbons (Fsp3) is 0.143. The van der Waals surface area contributed by atoms with E-state index in [4.69, 9.17) is 16.3 Å². The van der Waals surface area contributed by atoms with Gasteiger partial charge in [-0.25, -0.2) is 4.98 Å². The Morgan fingerprint density at radius 2 is 1.96 bits per heavy atom. The van der Waals surface area contributed by atoms with Crippen molar-refractivity contribution in [2.75, 3.05) is 7.11 Å². The standard InChI is InChI=1S/C21H19ClN4O2/c1-25-19-12-14(5-10-18(19)24-21(25)22)20(27)23-13-16-4-3-11-26(16)15-6-8-17(28-2)9-7-15/h3-12H,13H2,1-2H3,(H,23,27). The van der Waals surface area contributed by atoms with Crippen LogP contribution in [0.1, 0.15) is 16.1 Å². The lowest BCUT2D eigenvalue weighted by atomic mass is 10.2. The molecule has 0 fully saturated rings. The van der Waals surface area contributed by atoms with E-state index in [9.17, 15) is 4.79 Å². The van der Waals surface area contributed by atoms with Crippen LogP contribution in [-0.4, -0.2) is 27.1 Å². The molecule has 7 heteroatoms. The molecule has 2 aromatic carbocycles. The lowest BCUT2D eigenvalue weighted by molar-refractivity contribution is 0.0950. The van der Waals surface area contributed by atoms with Crippen LogP contribution >= 0.6 is 11.6 Å². The quantitative estimate of drug-likeness (QED) is 0.557. The second-order valence-electron chi connectivity index (χ2n) is 6.39. The van der Waals surface area contributed by atoms with Crippen LogP contribution in [0.3, 0.4) is 0 Å². The number of halogens is 1. The van der Waals surface area contributed by atoms with Gasteiger partial charge in [0.2, 0.25) is 5.28 Å². The van der Waals surface area contributed by atoms with E-state index in [0.717, 1.165) is 28.2 Å². The first-order chi connectivity index (χ1) is 13.6. The van der Waals surface area contributed by atoms with Crippen molar-refractivity contribution in [1.29, 1.82) is 0 Å². The zero-order valence-corrected chi connectivity index (χ0v) is 16.3. The van der Waals surface area contributed by atoms with Gasteiger partial charge >= 0.3 is 0 Å². The van der Waals surface area contributed by atoms with Crippen LogP contribution in [0.4, 0.5) is 0 Å². The maximum atomic E-state index is 12.6. The summed E-state index contributed by atoms with van der Waals surface area (Å²) in [6, 6.07) is 17.1. The van der Waals surface area contributed by atoms with Crippen molar-refractivity contribution in [2.24, 2.45) is 7.05 Å². The summed E-state index contributed by atoms with van der Waals surface area (Å²) in [4.78, 5) is 16.9. The number of rotatable bonds is 5. The van der Waals surface area contributed by atoms with Gasteiger partial charge < -0.3 is 19.2 Å². The number of benzene rings is 2. The first kappa shape index (κ1) is 18.1. The zero-order valence-electron chi connectivity index (χ0n) is 15.5. The van der Waals surface area contributed by atoms with Crippen LogP contribution in [0.15, 0.2) is 60.8 Å². The number of carbonyl (C=O) groups is 1. The number of aromatic nitrogens is 3. The van der Waals surface area contributed by atoms with E-state index in [1.54, 1.807) is 29.9 Å². The Morgan fingerprint density at radius 1 is 1.18 bits per heavy atom. The van der Waals surface area contributed by atoms with Crippen molar-refractivity contribution in [3.8, 4) is 11.4 Å². The van der Waals surface area contributed by atoms with Gasteiger partial charge in [0.25, 0.3) is 5.91 Å². The summed E-state index contributed by atoms with van der Waals surface area (Å²) in [7, 11) is 3.46. The van der Waals surface area contributed by atoms with E-state index in [-0.39, 0.29) is 5.91 Å². The number of carbonyl (C=O) groups excluding carboxylic acids is 1. The van der Waals surface area contributed by atoms with Gasteiger partial charge in [-0.3, -0.25) is 4.79 Å². The second kappa shape index (κ2) is 7.40. The van der Waals surface area contributed by atoms with Gasteiger partial charge in [-0.1, -0.05) is 0 Å². The fourth-order valence-corrected chi connectivity index (χ4v) is 3.31. The number of fused-ring (bicyclic) bond motifs is 1. The molecule has 0 aliphatic heterocycles. The minimum Gasteiger partial charge on any atom is -0.497 e. The van der Waals surface area contributed by atoms with Crippen LogP contribution in [0.25, 0.3) is 16.7 Å². The smallest absolute Gasteiger partial charge is 0.251 e. The number of aryl methyl sites for hydroxylation is 1. The first-order valence-corrected chi connectivity index (χ1v) is 9.15. The monoisotopic (exact) mass is 394 g/mol. The van der Waals surface area contributed by atoms with Crippen molar-refractivity contribution < 1.29 is 9.53 Å². The molecule has 6 nitrogen and oxygen atoms in total. The average Bonchev–Trinajstić information content (AvgIpc) is 3.30. The Kier molecular flexibility index (Phi) is 4.79. The third-order valence-corrected chi connectivity index (χ3v) is 5.04. The lowest BCUT2D eigenvalue weighted by Crippen LogP contribution is -2.24. The summed E-state index contributed by atoms with van der Waals surface area (Å²) < 4.78 is 8.99. The van der Waals surface area contributed by atoms with Gasteiger partial charge in [-0.05, 0) is 66.2 Å². The Balaban J connectivity index is 1.51. The van der Waals surface area contributed by atoms with Gasteiger partial charge in [-0.2, -0.15) is 0 Å². The van der Waals surface area contributed by atoms with E-state index in [1.807, 2.05) is 54.2 Å². The summed E-state index contributed by atoms with van der Waals surface area (Å²) in [5.41, 5.74) is 4.12. The summed E-state index contributed by atoms with van der Waals surface area (Å²) in [5.74, 6) is 0.651. The Bertz CT molecular complexity index is 1150. The third-order valence-electron chi connectivity index (χ3n) is 4.70. The van der Waals surface area contributed by atoms with Gasteiger partial charge in [0.05, 0.1) is 24.7 Å². The normalized spacial score (nSPS) is 11.0. The van der Waals surface area contributed by atoms with Gasteiger partial charge in [0.15, 0.2) is 0 Å². The van der Waals surface area contributed by atoms with E-state index in [2.05, 4.69) is 10.3 Å². The van der Waals surface area contributed by atoms with E-state index >= 15 is 0 Å². The summed E-state index contributed by atoms with van der Waals surface area (Å²) >= 11 is 6.05. The van der Waals surface area contributed by atoms with E-state index < -0.39 is 0 Å². The number of hydrogen-bond acceptors (Lipinski definition) is 3. The molecule has 0 spiro atoms. The molecule has 4 rings (SSSR count). The predicted octanol–water partition coefficient (Wildman–Crippen LogP) is 3.96. The summed E-state index contributed by atoms with van der Waals surface area (Å²) in [6.07, 6.45) is 1.97. The third kappa shape index (κ3) is 3.34. The highest BCUT2D eigenvalue weighted by molar-refractivity contribution is 6.29. The molecule has 142 valence electrons. The molecule has 0 saturated carbocycles. The van der Waals surface area contributed by atoms with Crippen LogP contribution in [0, 0.1) is 0 Å². The van der Waals surface area contributed by atoms with E-state index in [0.29, 0.717) is 17.4 Å². The number of imidazole rings is 1. The lowest BCUT2D eigenvalue weighted by Gasteiger charge is -2.11.